The normalized spacial score (nSPS) is 10.9. The van der Waals surface area contributed by atoms with Crippen LogP contribution in [-0.4, -0.2) is 26.0 Å². The summed E-state index contributed by atoms with van der Waals surface area (Å²) in [5, 5.41) is 3.95. The van der Waals surface area contributed by atoms with Gasteiger partial charge in [-0.1, -0.05) is 13.0 Å². The number of benzene rings is 1. The van der Waals surface area contributed by atoms with Crippen molar-refractivity contribution in [2.24, 2.45) is 10.8 Å². The van der Waals surface area contributed by atoms with E-state index in [9.17, 15) is 4.79 Å². The highest BCUT2D eigenvalue weighted by Gasteiger charge is 2.13. The van der Waals surface area contributed by atoms with Gasteiger partial charge in [0.2, 0.25) is 0 Å². The highest BCUT2D eigenvalue weighted by atomic mass is 16.5. The fraction of sp³-hybridized carbons (Fsp3) is 0.333. The number of carbonyl (C=O) groups is 1. The smallest absolute Gasteiger partial charge is 0.332 e. The molecule has 0 bridgehead atoms. The predicted molar refractivity (Wildman–Crippen MR) is 69.1 cm³/mol. The summed E-state index contributed by atoms with van der Waals surface area (Å²) in [5.41, 5.74) is 8.62. The van der Waals surface area contributed by atoms with Gasteiger partial charge < -0.3 is 15.2 Å². The third-order valence-corrected chi connectivity index (χ3v) is 2.35. The Morgan fingerprint density at radius 2 is 2.11 bits per heavy atom. The maximum atomic E-state index is 10.7. The zero-order valence-electron chi connectivity index (χ0n) is 10.7. The molecule has 0 radical (unpaired) electrons. The molecular weight excluding hydrogens is 234 g/mol. The van der Waals surface area contributed by atoms with Crippen molar-refractivity contribution in [2.45, 2.75) is 13.3 Å². The first-order chi connectivity index (χ1) is 8.63. The number of carbonyl (C=O) groups excluding carboxylic acids is 1. The SMILES string of the molecule is CC/C(=N\NC(N)=O)c1cccc(OC)c1OC. The van der Waals surface area contributed by atoms with E-state index in [1.165, 1.54) is 0 Å². The van der Waals surface area contributed by atoms with Crippen molar-refractivity contribution >= 4 is 11.7 Å². The zero-order valence-corrected chi connectivity index (χ0v) is 10.7. The van der Waals surface area contributed by atoms with Gasteiger partial charge in [-0.05, 0) is 18.6 Å². The average Bonchev–Trinajstić information content (AvgIpc) is 2.38. The number of urea groups is 1. The second-order valence-electron chi connectivity index (χ2n) is 3.43. The van der Waals surface area contributed by atoms with E-state index in [1.807, 2.05) is 19.1 Å². The molecule has 0 saturated heterocycles. The largest absolute Gasteiger partial charge is 0.493 e. The van der Waals surface area contributed by atoms with Gasteiger partial charge in [0.25, 0.3) is 0 Å². The summed E-state index contributed by atoms with van der Waals surface area (Å²) < 4.78 is 10.5. The van der Waals surface area contributed by atoms with E-state index in [0.717, 1.165) is 5.56 Å². The minimum absolute atomic E-state index is 0.576. The topological polar surface area (TPSA) is 85.9 Å². The molecular formula is C12H17N3O3. The summed E-state index contributed by atoms with van der Waals surface area (Å²) in [5.74, 6) is 1.18. The molecule has 0 heterocycles. The van der Waals surface area contributed by atoms with Crippen LogP contribution in [0.1, 0.15) is 18.9 Å². The van der Waals surface area contributed by atoms with Gasteiger partial charge >= 0.3 is 6.03 Å². The van der Waals surface area contributed by atoms with Gasteiger partial charge in [-0.25, -0.2) is 10.2 Å². The van der Waals surface area contributed by atoms with Gasteiger partial charge in [0.1, 0.15) is 0 Å². The van der Waals surface area contributed by atoms with E-state index in [4.69, 9.17) is 15.2 Å². The predicted octanol–water partition coefficient (Wildman–Crippen LogP) is 1.49. The van der Waals surface area contributed by atoms with E-state index < -0.39 is 6.03 Å². The lowest BCUT2D eigenvalue weighted by Crippen LogP contribution is -2.26. The quantitative estimate of drug-likeness (QED) is 0.614. The second kappa shape index (κ2) is 6.48. The molecule has 18 heavy (non-hydrogen) atoms. The lowest BCUT2D eigenvalue weighted by Gasteiger charge is -2.13. The Balaban J connectivity index is 3.20. The van der Waals surface area contributed by atoms with Crippen LogP contribution in [0.3, 0.4) is 0 Å². The Kier molecular flexibility index (Phi) is 4.98. The molecule has 1 rings (SSSR count). The zero-order chi connectivity index (χ0) is 13.5. The number of amides is 2. The number of nitrogens with two attached hydrogens (primary N) is 1. The van der Waals surface area contributed by atoms with Crippen molar-refractivity contribution in [2.75, 3.05) is 14.2 Å². The van der Waals surface area contributed by atoms with Gasteiger partial charge in [-0.3, -0.25) is 0 Å². The number of para-hydroxylation sites is 1. The van der Waals surface area contributed by atoms with E-state index in [1.54, 1.807) is 20.3 Å². The summed E-state index contributed by atoms with van der Waals surface area (Å²) in [7, 11) is 3.11. The number of nitrogens with zero attached hydrogens (tertiary/aromatic N) is 1. The Morgan fingerprint density at radius 3 is 2.61 bits per heavy atom. The Morgan fingerprint density at radius 1 is 1.39 bits per heavy atom. The van der Waals surface area contributed by atoms with Crippen molar-refractivity contribution in [3.05, 3.63) is 23.8 Å². The molecule has 0 unspecified atom stereocenters. The molecule has 6 heteroatoms. The van der Waals surface area contributed by atoms with Crippen molar-refractivity contribution in [1.82, 2.24) is 5.43 Å². The number of ether oxygens (including phenoxy) is 2. The number of rotatable bonds is 5. The fourth-order valence-corrected chi connectivity index (χ4v) is 1.57. The fourth-order valence-electron chi connectivity index (χ4n) is 1.57. The first kappa shape index (κ1) is 13.8. The van der Waals surface area contributed by atoms with E-state index in [0.29, 0.717) is 23.6 Å². The minimum atomic E-state index is -0.706. The van der Waals surface area contributed by atoms with Gasteiger partial charge in [0.15, 0.2) is 11.5 Å². The van der Waals surface area contributed by atoms with Crippen LogP contribution in [0.15, 0.2) is 23.3 Å². The summed E-state index contributed by atoms with van der Waals surface area (Å²) in [4.78, 5) is 10.7. The van der Waals surface area contributed by atoms with E-state index >= 15 is 0 Å². The highest BCUT2D eigenvalue weighted by Crippen LogP contribution is 2.31. The molecule has 0 saturated carbocycles. The van der Waals surface area contributed by atoms with Crippen LogP contribution in [0.5, 0.6) is 11.5 Å². The summed E-state index contributed by atoms with van der Waals surface area (Å²) in [6, 6.07) is 4.75. The highest BCUT2D eigenvalue weighted by molar-refractivity contribution is 6.03. The third-order valence-electron chi connectivity index (χ3n) is 2.35. The summed E-state index contributed by atoms with van der Waals surface area (Å²) >= 11 is 0. The number of nitrogens with one attached hydrogen (secondary N) is 1. The molecule has 98 valence electrons. The maximum absolute atomic E-state index is 10.7. The number of methoxy groups -OCH3 is 2. The molecule has 0 atom stereocenters. The van der Waals surface area contributed by atoms with Crippen LogP contribution in [0, 0.1) is 0 Å². The third kappa shape index (κ3) is 3.13. The molecule has 1 aromatic rings. The number of primary amides is 1. The minimum Gasteiger partial charge on any atom is -0.493 e. The van der Waals surface area contributed by atoms with Crippen molar-refractivity contribution in [1.29, 1.82) is 0 Å². The lowest BCUT2D eigenvalue weighted by atomic mass is 10.1. The van der Waals surface area contributed by atoms with Crippen LogP contribution in [0.2, 0.25) is 0 Å². The van der Waals surface area contributed by atoms with Crippen LogP contribution in [0.25, 0.3) is 0 Å². The molecule has 0 aliphatic rings. The van der Waals surface area contributed by atoms with Gasteiger partial charge in [-0.2, -0.15) is 5.10 Å². The molecule has 0 fully saturated rings. The first-order valence-electron chi connectivity index (χ1n) is 5.47. The van der Waals surface area contributed by atoms with Crippen molar-refractivity contribution in [3.8, 4) is 11.5 Å². The summed E-state index contributed by atoms with van der Waals surface area (Å²) in [6.07, 6.45) is 0.615. The van der Waals surface area contributed by atoms with Crippen molar-refractivity contribution in [3.63, 3.8) is 0 Å². The maximum Gasteiger partial charge on any atom is 0.332 e. The molecule has 0 aromatic heterocycles. The van der Waals surface area contributed by atoms with Crippen molar-refractivity contribution < 1.29 is 14.3 Å². The Labute approximate surface area is 106 Å². The molecule has 2 amide bonds. The van der Waals surface area contributed by atoms with Gasteiger partial charge in [0.05, 0.1) is 19.9 Å². The molecule has 0 aliphatic heterocycles. The average molecular weight is 251 g/mol. The molecule has 0 aliphatic carbocycles. The molecule has 1 aromatic carbocycles. The molecule has 3 N–H and O–H groups in total. The van der Waals surface area contributed by atoms with Gasteiger partial charge in [0, 0.05) is 5.56 Å². The van der Waals surface area contributed by atoms with Crippen LogP contribution >= 0.6 is 0 Å². The standard InChI is InChI=1S/C12H17N3O3/c1-4-9(14-15-12(13)16)8-6-5-7-10(17-2)11(8)18-3/h5-7H,4H2,1-3H3,(H3,13,15,16)/b14-9+. The van der Waals surface area contributed by atoms with Crippen LogP contribution in [0.4, 0.5) is 4.79 Å². The molecule has 0 spiro atoms. The van der Waals surface area contributed by atoms with E-state index in [2.05, 4.69) is 10.5 Å². The van der Waals surface area contributed by atoms with E-state index in [-0.39, 0.29) is 0 Å². The monoisotopic (exact) mass is 251 g/mol. The van der Waals surface area contributed by atoms with Crippen LogP contribution in [-0.2, 0) is 0 Å². The Hall–Kier alpha value is -2.24. The van der Waals surface area contributed by atoms with Crippen LogP contribution < -0.4 is 20.6 Å². The first-order valence-corrected chi connectivity index (χ1v) is 5.47. The second-order valence-corrected chi connectivity index (χ2v) is 3.43. The lowest BCUT2D eigenvalue weighted by molar-refractivity contribution is 0.249. The van der Waals surface area contributed by atoms with Gasteiger partial charge in [-0.15, -0.1) is 0 Å². The Bertz CT molecular complexity index is 458. The summed E-state index contributed by atoms with van der Waals surface area (Å²) in [6.45, 7) is 1.92. The molecule has 6 nitrogen and oxygen atoms in total. The number of hydrogen-bond donors (Lipinski definition) is 2. The number of hydrogen-bond acceptors (Lipinski definition) is 4. The number of hydrazone groups is 1.